The lowest BCUT2D eigenvalue weighted by Gasteiger charge is -2.34. The highest BCUT2D eigenvalue weighted by Crippen LogP contribution is 2.42. The number of para-hydroxylation sites is 1. The summed E-state index contributed by atoms with van der Waals surface area (Å²) in [5.74, 6) is 3.53. The molecule has 0 spiro atoms. The zero-order valence-corrected chi connectivity index (χ0v) is 23.0. The van der Waals surface area contributed by atoms with Crippen LogP contribution in [0.5, 0.6) is 23.0 Å². The first-order valence-electron chi connectivity index (χ1n) is 14.1. The Labute approximate surface area is 240 Å². The second-order valence-electron chi connectivity index (χ2n) is 11.0. The van der Waals surface area contributed by atoms with Crippen LogP contribution in [0.1, 0.15) is 11.1 Å². The third-order valence-corrected chi connectivity index (χ3v) is 8.50. The fourth-order valence-corrected chi connectivity index (χ4v) is 6.47. The Hall–Kier alpha value is -5.02. The van der Waals surface area contributed by atoms with Gasteiger partial charge in [-0.1, -0.05) is 109 Å². The summed E-state index contributed by atoms with van der Waals surface area (Å²) in [5, 5.41) is 0. The van der Waals surface area contributed by atoms with E-state index in [-0.39, 0.29) is 6.71 Å². The van der Waals surface area contributed by atoms with Gasteiger partial charge in [-0.05, 0) is 81.9 Å². The van der Waals surface area contributed by atoms with E-state index < -0.39 is 0 Å². The molecule has 41 heavy (non-hydrogen) atoms. The highest BCUT2D eigenvalue weighted by molar-refractivity contribution is 6.98. The van der Waals surface area contributed by atoms with Crippen LogP contribution in [-0.4, -0.2) is 6.71 Å². The van der Waals surface area contributed by atoms with Gasteiger partial charge in [0.05, 0.1) is 0 Å². The van der Waals surface area contributed by atoms with Crippen molar-refractivity contribution in [3.8, 4) is 56.4 Å². The monoisotopic (exact) mass is 526 g/mol. The average molecular weight is 526 g/mol. The van der Waals surface area contributed by atoms with Crippen molar-refractivity contribution >= 4 is 23.1 Å². The van der Waals surface area contributed by atoms with Crippen molar-refractivity contribution in [1.82, 2.24) is 0 Å². The van der Waals surface area contributed by atoms with E-state index >= 15 is 0 Å². The van der Waals surface area contributed by atoms with Gasteiger partial charge >= 0.3 is 0 Å². The summed E-state index contributed by atoms with van der Waals surface area (Å²) >= 11 is 0. The highest BCUT2D eigenvalue weighted by Gasteiger charge is 2.41. The van der Waals surface area contributed by atoms with Gasteiger partial charge in [-0.2, -0.15) is 0 Å². The largest absolute Gasteiger partial charge is 0.458 e. The number of ether oxygens (including phenoxy) is 2. The van der Waals surface area contributed by atoms with E-state index in [2.05, 4.69) is 135 Å². The molecule has 8 rings (SSSR count). The lowest BCUT2D eigenvalue weighted by atomic mass is 9.34. The van der Waals surface area contributed by atoms with Crippen LogP contribution in [0.25, 0.3) is 33.4 Å². The molecule has 0 N–H and O–H groups in total. The molecule has 3 heteroatoms. The standard InChI is InChI=1S/C38H27BO2/c1-24-11-6-8-15-29(24)28-22-35-37-36(23-28)41-38-31(30-16-9-7-12-25(30)2)17-10-18-33(38)39(37)32-20-19-27(21-34(32)40-35)26-13-4-3-5-14-26/h3-23H,1-2H3. The van der Waals surface area contributed by atoms with E-state index in [9.17, 15) is 0 Å². The maximum atomic E-state index is 6.89. The molecule has 0 unspecified atom stereocenters. The van der Waals surface area contributed by atoms with Gasteiger partial charge in [0.2, 0.25) is 0 Å². The van der Waals surface area contributed by atoms with Crippen molar-refractivity contribution in [2.75, 3.05) is 0 Å². The van der Waals surface area contributed by atoms with Crippen molar-refractivity contribution in [3.63, 3.8) is 0 Å². The van der Waals surface area contributed by atoms with E-state index in [1.807, 2.05) is 6.07 Å². The number of fused-ring (bicyclic) bond motifs is 4. The van der Waals surface area contributed by atoms with Gasteiger partial charge in [-0.25, -0.2) is 0 Å². The first-order chi connectivity index (χ1) is 20.2. The summed E-state index contributed by atoms with van der Waals surface area (Å²) in [6.07, 6.45) is 0. The fourth-order valence-electron chi connectivity index (χ4n) is 6.47. The van der Waals surface area contributed by atoms with Gasteiger partial charge < -0.3 is 9.47 Å². The minimum Gasteiger partial charge on any atom is -0.458 e. The lowest BCUT2D eigenvalue weighted by Crippen LogP contribution is -2.57. The second-order valence-corrected chi connectivity index (χ2v) is 11.0. The topological polar surface area (TPSA) is 18.5 Å². The van der Waals surface area contributed by atoms with E-state index in [1.54, 1.807) is 0 Å². The first kappa shape index (κ1) is 23.8. The van der Waals surface area contributed by atoms with Crippen LogP contribution < -0.4 is 25.9 Å². The third-order valence-electron chi connectivity index (χ3n) is 8.50. The normalized spacial score (nSPS) is 12.5. The van der Waals surface area contributed by atoms with Crippen LogP contribution in [0.3, 0.4) is 0 Å². The fraction of sp³-hybridized carbons (Fsp3) is 0.0526. The van der Waals surface area contributed by atoms with Crippen molar-refractivity contribution in [2.45, 2.75) is 13.8 Å². The molecule has 0 fully saturated rings. The Bertz CT molecular complexity index is 1980. The van der Waals surface area contributed by atoms with Crippen LogP contribution >= 0.6 is 0 Å². The van der Waals surface area contributed by atoms with Gasteiger partial charge in [-0.15, -0.1) is 0 Å². The highest BCUT2D eigenvalue weighted by atomic mass is 16.5. The number of hydrogen-bond acceptors (Lipinski definition) is 2. The molecule has 0 aromatic heterocycles. The molecular weight excluding hydrogens is 499 g/mol. The van der Waals surface area contributed by atoms with Gasteiger partial charge in [-0.3, -0.25) is 0 Å². The first-order valence-corrected chi connectivity index (χ1v) is 14.1. The lowest BCUT2D eigenvalue weighted by molar-refractivity contribution is 0.466. The number of rotatable bonds is 3. The molecule has 0 aliphatic carbocycles. The quantitative estimate of drug-likeness (QED) is 0.217. The zero-order chi connectivity index (χ0) is 27.5. The summed E-state index contributed by atoms with van der Waals surface area (Å²) in [7, 11) is 0. The minimum atomic E-state index is 0.00668. The van der Waals surface area contributed by atoms with E-state index in [4.69, 9.17) is 9.47 Å². The SMILES string of the molecule is Cc1ccccc1-c1cc2c3c(c1)Oc1c(cccc1-c1ccccc1C)B3c1ccc(-c3ccccc3)cc1O2. The van der Waals surface area contributed by atoms with Crippen molar-refractivity contribution in [3.05, 3.63) is 139 Å². The second kappa shape index (κ2) is 9.28. The summed E-state index contributed by atoms with van der Waals surface area (Å²) in [6, 6.07) is 45.1. The number of aryl methyl sites for hydroxylation is 2. The predicted octanol–water partition coefficient (Wildman–Crippen LogP) is 8.03. The van der Waals surface area contributed by atoms with Crippen LogP contribution in [-0.2, 0) is 0 Å². The number of benzene rings is 6. The van der Waals surface area contributed by atoms with Gasteiger partial charge in [0.25, 0.3) is 6.71 Å². The minimum absolute atomic E-state index is 0.00668. The Morgan fingerprint density at radius 3 is 1.83 bits per heavy atom. The van der Waals surface area contributed by atoms with Crippen molar-refractivity contribution < 1.29 is 9.47 Å². The van der Waals surface area contributed by atoms with Gasteiger partial charge in [0.15, 0.2) is 0 Å². The molecular formula is C38H27BO2. The summed E-state index contributed by atoms with van der Waals surface area (Å²) in [5.41, 5.74) is 12.8. The van der Waals surface area contributed by atoms with Crippen molar-refractivity contribution in [1.29, 1.82) is 0 Å². The Balaban J connectivity index is 1.38. The molecule has 6 aromatic carbocycles. The summed E-state index contributed by atoms with van der Waals surface area (Å²) in [4.78, 5) is 0. The van der Waals surface area contributed by atoms with E-state index in [0.717, 1.165) is 50.6 Å². The molecule has 0 atom stereocenters. The number of hydrogen-bond donors (Lipinski definition) is 0. The van der Waals surface area contributed by atoms with Crippen LogP contribution in [0.4, 0.5) is 0 Å². The average Bonchev–Trinajstić information content (AvgIpc) is 3.01. The Morgan fingerprint density at radius 2 is 1.07 bits per heavy atom. The molecule has 6 aromatic rings. The van der Waals surface area contributed by atoms with Gasteiger partial charge in [0, 0.05) is 11.0 Å². The van der Waals surface area contributed by atoms with Gasteiger partial charge in [0.1, 0.15) is 23.0 Å². The smallest absolute Gasteiger partial charge is 0.260 e. The molecule has 194 valence electrons. The van der Waals surface area contributed by atoms with E-state index in [0.29, 0.717) is 0 Å². The van der Waals surface area contributed by atoms with Crippen LogP contribution in [0.2, 0.25) is 0 Å². The maximum absolute atomic E-state index is 6.89. The predicted molar refractivity (Wildman–Crippen MR) is 170 cm³/mol. The molecule has 0 bridgehead atoms. The third kappa shape index (κ3) is 3.81. The Kier molecular flexibility index (Phi) is 5.40. The van der Waals surface area contributed by atoms with Crippen molar-refractivity contribution in [2.24, 2.45) is 0 Å². The molecule has 0 saturated heterocycles. The Morgan fingerprint density at radius 1 is 0.439 bits per heavy atom. The molecule has 0 saturated carbocycles. The molecule has 2 heterocycles. The van der Waals surface area contributed by atoms with Crippen LogP contribution in [0.15, 0.2) is 127 Å². The molecule has 2 aliphatic rings. The zero-order valence-electron chi connectivity index (χ0n) is 23.0. The maximum Gasteiger partial charge on any atom is 0.260 e. The summed E-state index contributed by atoms with van der Waals surface area (Å²) < 4.78 is 13.7. The molecule has 2 aliphatic heterocycles. The summed E-state index contributed by atoms with van der Waals surface area (Å²) in [6.45, 7) is 4.32. The molecule has 0 amide bonds. The molecule has 2 nitrogen and oxygen atoms in total. The van der Waals surface area contributed by atoms with Crippen LogP contribution in [0, 0.1) is 13.8 Å². The molecule has 0 radical (unpaired) electrons. The van der Waals surface area contributed by atoms with E-state index in [1.165, 1.54) is 33.3 Å².